The van der Waals surface area contributed by atoms with Crippen LogP contribution in [0.5, 0.6) is 0 Å². The van der Waals surface area contributed by atoms with Crippen LogP contribution in [0.15, 0.2) is 39.7 Å². The fourth-order valence-corrected chi connectivity index (χ4v) is 2.97. The van der Waals surface area contributed by atoms with Crippen LogP contribution < -0.4 is 5.56 Å². The number of pyridine rings is 1. The second-order valence-electron chi connectivity index (χ2n) is 5.61. The van der Waals surface area contributed by atoms with Crippen LogP contribution in [-0.4, -0.2) is 29.4 Å². The van der Waals surface area contributed by atoms with Crippen LogP contribution in [0.4, 0.5) is 17.6 Å². The molecule has 1 N–H and O–H groups in total. The molecule has 0 saturated heterocycles. The Labute approximate surface area is 159 Å². The van der Waals surface area contributed by atoms with Gasteiger partial charge >= 0.3 is 12.1 Å². The number of halogens is 5. The summed E-state index contributed by atoms with van der Waals surface area (Å²) in [5, 5.41) is 9.53. The highest BCUT2D eigenvalue weighted by molar-refractivity contribution is 9.10. The second-order valence-corrected chi connectivity index (χ2v) is 6.52. The van der Waals surface area contributed by atoms with Crippen molar-refractivity contribution in [1.82, 2.24) is 4.57 Å². The molecule has 1 atom stereocenters. The smallest absolute Gasteiger partial charge is 0.416 e. The molecule has 2 rings (SSSR count). The molecule has 0 aliphatic rings. The third-order valence-electron chi connectivity index (χ3n) is 3.81. The van der Waals surface area contributed by atoms with Crippen LogP contribution in [0.1, 0.15) is 22.7 Å². The van der Waals surface area contributed by atoms with Gasteiger partial charge in [0.05, 0.1) is 12.2 Å². The van der Waals surface area contributed by atoms with Gasteiger partial charge in [0.15, 0.2) is 6.04 Å². The van der Waals surface area contributed by atoms with Crippen molar-refractivity contribution in [2.45, 2.75) is 18.6 Å². The van der Waals surface area contributed by atoms with Crippen LogP contribution in [-0.2, 0) is 22.1 Å². The first-order valence-corrected chi connectivity index (χ1v) is 8.34. The summed E-state index contributed by atoms with van der Waals surface area (Å²) in [5.41, 5.74) is -3.09. The minimum atomic E-state index is -4.80. The van der Waals surface area contributed by atoms with E-state index in [1.165, 1.54) is 13.2 Å². The van der Waals surface area contributed by atoms with Gasteiger partial charge in [0.25, 0.3) is 5.56 Å². The van der Waals surface area contributed by atoms with Crippen molar-refractivity contribution in [3.05, 3.63) is 67.8 Å². The first kappa shape index (κ1) is 21.1. The minimum Gasteiger partial charge on any atom is -0.479 e. The van der Waals surface area contributed by atoms with E-state index in [1.54, 1.807) is 0 Å². The topological polar surface area (TPSA) is 68.5 Å². The van der Waals surface area contributed by atoms with Crippen LogP contribution in [0.2, 0.25) is 0 Å². The number of alkyl halides is 3. The summed E-state index contributed by atoms with van der Waals surface area (Å²) in [6.07, 6.45) is -4.22. The summed E-state index contributed by atoms with van der Waals surface area (Å²) in [6.45, 7) is -0.0791. The lowest BCUT2D eigenvalue weighted by Crippen LogP contribution is -2.32. The third kappa shape index (κ3) is 4.75. The number of aromatic nitrogens is 1. The Bertz CT molecular complexity index is 911. The van der Waals surface area contributed by atoms with Gasteiger partial charge in [0, 0.05) is 29.4 Å². The van der Waals surface area contributed by atoms with Crippen molar-refractivity contribution in [2.24, 2.45) is 0 Å². The van der Waals surface area contributed by atoms with Crippen LogP contribution in [0.25, 0.3) is 0 Å². The minimum absolute atomic E-state index is 0.0791. The van der Waals surface area contributed by atoms with Crippen molar-refractivity contribution in [3.8, 4) is 0 Å². The van der Waals surface area contributed by atoms with E-state index in [-0.39, 0.29) is 24.2 Å². The molecule has 1 aromatic heterocycles. The van der Waals surface area contributed by atoms with Gasteiger partial charge in [-0.1, -0.05) is 15.9 Å². The molecule has 0 saturated carbocycles. The molecule has 0 aliphatic heterocycles. The molecule has 1 aromatic carbocycles. The highest BCUT2D eigenvalue weighted by Gasteiger charge is 2.35. The molecule has 0 bridgehead atoms. The third-order valence-corrected chi connectivity index (χ3v) is 4.30. The lowest BCUT2D eigenvalue weighted by molar-refractivity contribution is -0.139. The molecule has 10 heteroatoms. The number of carboxylic acid groups (broad SMARTS) is 1. The molecular weight excluding hydrogens is 438 g/mol. The number of benzene rings is 1. The molecule has 0 radical (unpaired) electrons. The average molecular weight is 452 g/mol. The van der Waals surface area contributed by atoms with Gasteiger partial charge in [0.2, 0.25) is 0 Å². The number of nitrogens with zero attached hydrogens (tertiary/aromatic N) is 1. The molecular formula is C17H14BrF4NO4. The molecule has 27 heavy (non-hydrogen) atoms. The summed E-state index contributed by atoms with van der Waals surface area (Å²) >= 11 is 3.08. The van der Waals surface area contributed by atoms with Crippen molar-refractivity contribution < 1.29 is 32.2 Å². The van der Waals surface area contributed by atoms with E-state index in [4.69, 9.17) is 4.74 Å². The van der Waals surface area contributed by atoms with Crippen LogP contribution in [0.3, 0.4) is 0 Å². The van der Waals surface area contributed by atoms with Gasteiger partial charge in [-0.25, -0.2) is 9.18 Å². The van der Waals surface area contributed by atoms with Gasteiger partial charge < -0.3 is 9.84 Å². The quantitative estimate of drug-likeness (QED) is 0.680. The van der Waals surface area contributed by atoms with Gasteiger partial charge in [0.1, 0.15) is 5.82 Å². The zero-order chi connectivity index (χ0) is 20.4. The Morgan fingerprint density at radius 3 is 2.56 bits per heavy atom. The number of carbonyl (C=O) groups is 1. The molecule has 0 aliphatic carbocycles. The Kier molecular flexibility index (Phi) is 6.42. The number of rotatable bonds is 6. The zero-order valence-corrected chi connectivity index (χ0v) is 15.5. The van der Waals surface area contributed by atoms with E-state index in [0.29, 0.717) is 15.1 Å². The summed E-state index contributed by atoms with van der Waals surface area (Å²) in [7, 11) is 1.29. The Hall–Kier alpha value is -2.20. The molecule has 5 nitrogen and oxygen atoms in total. The number of aliphatic carboxylic acids is 1. The Balaban J connectivity index is 2.72. The van der Waals surface area contributed by atoms with Gasteiger partial charge in [-0.15, -0.1) is 0 Å². The number of methoxy groups -OCH3 is 1. The van der Waals surface area contributed by atoms with Gasteiger partial charge in [-0.05, 0) is 30.2 Å². The maximum Gasteiger partial charge on any atom is 0.416 e. The van der Waals surface area contributed by atoms with E-state index in [2.05, 4.69) is 15.9 Å². The van der Waals surface area contributed by atoms with E-state index in [9.17, 15) is 32.3 Å². The molecule has 2 aromatic rings. The maximum absolute atomic E-state index is 14.2. The fourth-order valence-electron chi connectivity index (χ4n) is 2.59. The van der Waals surface area contributed by atoms with E-state index in [0.717, 1.165) is 18.3 Å². The molecule has 1 unspecified atom stereocenters. The molecule has 1 heterocycles. The summed E-state index contributed by atoms with van der Waals surface area (Å²) < 4.78 is 59.5. The zero-order valence-electron chi connectivity index (χ0n) is 13.9. The monoisotopic (exact) mass is 451 g/mol. The van der Waals surface area contributed by atoms with Crippen LogP contribution >= 0.6 is 15.9 Å². The predicted octanol–water partition coefficient (Wildman–Crippen LogP) is 3.63. The van der Waals surface area contributed by atoms with Crippen molar-refractivity contribution >= 4 is 21.9 Å². The Morgan fingerprint density at radius 2 is 2.00 bits per heavy atom. The van der Waals surface area contributed by atoms with Crippen molar-refractivity contribution in [3.63, 3.8) is 0 Å². The van der Waals surface area contributed by atoms with E-state index >= 15 is 0 Å². The largest absolute Gasteiger partial charge is 0.479 e. The SMILES string of the molecule is COCCc1cn(C(C(=O)O)c2cc(Br)ccc2F)c(=O)cc1C(F)(F)F. The molecule has 146 valence electrons. The first-order valence-electron chi connectivity index (χ1n) is 7.55. The summed E-state index contributed by atoms with van der Waals surface area (Å²) in [5.74, 6) is -2.50. The number of hydrogen-bond donors (Lipinski definition) is 1. The van der Waals surface area contributed by atoms with E-state index < -0.39 is 35.1 Å². The van der Waals surface area contributed by atoms with Crippen molar-refractivity contribution in [1.29, 1.82) is 0 Å². The number of ether oxygens (including phenoxy) is 1. The fraction of sp³-hybridized carbons (Fsp3) is 0.294. The number of carboxylic acids is 1. The van der Waals surface area contributed by atoms with Crippen molar-refractivity contribution in [2.75, 3.05) is 13.7 Å². The molecule has 0 amide bonds. The lowest BCUT2D eigenvalue weighted by Gasteiger charge is -2.20. The summed E-state index contributed by atoms with van der Waals surface area (Å²) in [6, 6.07) is 1.97. The van der Waals surface area contributed by atoms with E-state index in [1.807, 2.05) is 0 Å². The highest BCUT2D eigenvalue weighted by Crippen LogP contribution is 2.32. The van der Waals surface area contributed by atoms with Crippen LogP contribution in [0, 0.1) is 5.82 Å². The molecule has 0 spiro atoms. The second kappa shape index (κ2) is 8.22. The van der Waals surface area contributed by atoms with Gasteiger partial charge in [-0.2, -0.15) is 13.2 Å². The number of hydrogen-bond acceptors (Lipinski definition) is 3. The predicted molar refractivity (Wildman–Crippen MR) is 91.2 cm³/mol. The average Bonchev–Trinajstić information content (AvgIpc) is 2.56. The van der Waals surface area contributed by atoms with Gasteiger partial charge in [-0.3, -0.25) is 9.36 Å². The lowest BCUT2D eigenvalue weighted by atomic mass is 10.0. The maximum atomic E-state index is 14.2. The standard InChI is InChI=1S/C17H14BrF4NO4/c1-27-5-4-9-8-23(14(24)7-12(9)17(20,21)22)15(16(25)26)11-6-10(18)2-3-13(11)19/h2-3,6-8,15H,4-5H2,1H3,(H,25,26). The first-order chi connectivity index (χ1) is 12.6. The normalized spacial score (nSPS) is 12.8. The highest BCUT2D eigenvalue weighted by atomic mass is 79.9. The molecule has 0 fully saturated rings. The Morgan fingerprint density at radius 1 is 1.33 bits per heavy atom. The summed E-state index contributed by atoms with van der Waals surface area (Å²) in [4.78, 5) is 24.0.